The van der Waals surface area contributed by atoms with Crippen molar-refractivity contribution in [2.24, 2.45) is 0 Å². The smallest absolute Gasteiger partial charge is 0.0535 e. The van der Waals surface area contributed by atoms with E-state index in [0.29, 0.717) is 0 Å². The van der Waals surface area contributed by atoms with Gasteiger partial charge in [0.25, 0.3) is 0 Å². The van der Waals surface area contributed by atoms with Gasteiger partial charge in [-0.25, -0.2) is 0 Å². The van der Waals surface area contributed by atoms with Gasteiger partial charge >= 0.3 is 0 Å². The highest BCUT2D eigenvalue weighted by Gasteiger charge is 2.23. The third kappa shape index (κ3) is 2.70. The van der Waals surface area contributed by atoms with E-state index in [0.717, 1.165) is 13.0 Å². The first-order valence-corrected chi connectivity index (χ1v) is 10.4. The van der Waals surface area contributed by atoms with Crippen LogP contribution in [0.4, 0.5) is 0 Å². The second-order valence-corrected chi connectivity index (χ2v) is 8.28. The number of nitrogens with zero attached hydrogens (tertiary/aromatic N) is 2. The van der Waals surface area contributed by atoms with Gasteiger partial charge in [-0.2, -0.15) is 0 Å². The van der Waals surface area contributed by atoms with Crippen LogP contribution < -0.4 is 0 Å². The maximum atomic E-state index is 2.62. The first-order valence-electron chi connectivity index (χ1n) is 9.46. The fraction of sp³-hybridized carbons (Fsp3) is 0.364. The second-order valence-electron chi connectivity index (χ2n) is 7.14. The molecule has 1 aromatic heterocycles. The number of aromatic nitrogens is 1. The number of para-hydroxylation sites is 1. The molecule has 0 bridgehead atoms. The Hall–Kier alpha value is -1.71. The van der Waals surface area contributed by atoms with Crippen molar-refractivity contribution >= 4 is 22.7 Å². The fourth-order valence-electron chi connectivity index (χ4n) is 4.47. The van der Waals surface area contributed by atoms with Gasteiger partial charge in [0.2, 0.25) is 0 Å². The number of rotatable bonds is 3. The molecule has 0 unspecified atom stereocenters. The van der Waals surface area contributed by atoms with Crippen LogP contribution in [-0.2, 0) is 13.0 Å². The maximum absolute atomic E-state index is 2.62. The molecular formula is C22H24N2S. The van der Waals surface area contributed by atoms with E-state index in [1.54, 1.807) is 5.56 Å². The number of hydrogen-bond acceptors (Lipinski definition) is 2. The highest BCUT2D eigenvalue weighted by atomic mass is 32.2. The lowest BCUT2D eigenvalue weighted by Gasteiger charge is -2.18. The summed E-state index contributed by atoms with van der Waals surface area (Å²) in [5.74, 6) is 1.17. The number of likely N-dealkylation sites (tertiary alicyclic amines) is 1. The third-order valence-electron chi connectivity index (χ3n) is 5.67. The normalized spacial score (nSPS) is 17.4. The molecular weight excluding hydrogens is 324 g/mol. The van der Waals surface area contributed by atoms with Crippen LogP contribution in [0.25, 0.3) is 22.2 Å². The fourth-order valence-corrected chi connectivity index (χ4v) is 5.49. The van der Waals surface area contributed by atoms with Gasteiger partial charge < -0.3 is 9.47 Å². The van der Waals surface area contributed by atoms with Crippen molar-refractivity contribution in [3.05, 3.63) is 54.1 Å². The van der Waals surface area contributed by atoms with Gasteiger partial charge in [0.15, 0.2) is 0 Å². The summed E-state index contributed by atoms with van der Waals surface area (Å²) in [5, 5.41) is 1.45. The van der Waals surface area contributed by atoms with Gasteiger partial charge in [0, 0.05) is 40.2 Å². The van der Waals surface area contributed by atoms with E-state index in [1.165, 1.54) is 65.3 Å². The minimum atomic E-state index is 1.09. The van der Waals surface area contributed by atoms with Crippen LogP contribution in [0.2, 0.25) is 0 Å². The van der Waals surface area contributed by atoms with Crippen molar-refractivity contribution in [2.75, 3.05) is 25.4 Å². The molecule has 2 aliphatic rings. The second kappa shape index (κ2) is 6.54. The summed E-state index contributed by atoms with van der Waals surface area (Å²) in [4.78, 5) is 4.06. The van der Waals surface area contributed by atoms with Gasteiger partial charge in [-0.05, 0) is 50.0 Å². The zero-order valence-corrected chi connectivity index (χ0v) is 15.4. The molecule has 0 atom stereocenters. The molecule has 2 nitrogen and oxygen atoms in total. The lowest BCUT2D eigenvalue weighted by Crippen LogP contribution is -2.24. The number of hydrogen-bond donors (Lipinski definition) is 0. The SMILES string of the molecule is c1ccc2c(c1)SCCc1c-2n(CCN2CCCC2)c2ccccc12. The Balaban J connectivity index is 1.67. The molecule has 0 N–H and O–H groups in total. The molecule has 2 aliphatic heterocycles. The predicted octanol–water partition coefficient (Wildman–Crippen LogP) is 5.05. The summed E-state index contributed by atoms with van der Waals surface area (Å²) in [6.45, 7) is 4.80. The van der Waals surface area contributed by atoms with Gasteiger partial charge in [-0.3, -0.25) is 0 Å². The zero-order valence-electron chi connectivity index (χ0n) is 14.6. The van der Waals surface area contributed by atoms with Crippen molar-refractivity contribution in [1.82, 2.24) is 9.47 Å². The number of aryl methyl sites for hydroxylation is 1. The van der Waals surface area contributed by atoms with Gasteiger partial charge in [0.05, 0.1) is 5.69 Å². The first-order chi connectivity index (χ1) is 12.4. The Kier molecular flexibility index (Phi) is 4.07. The molecule has 1 saturated heterocycles. The highest BCUT2D eigenvalue weighted by molar-refractivity contribution is 7.99. The van der Waals surface area contributed by atoms with Crippen LogP contribution in [0.5, 0.6) is 0 Å². The first kappa shape index (κ1) is 15.5. The third-order valence-corrected chi connectivity index (χ3v) is 6.74. The Morgan fingerprint density at radius 3 is 2.60 bits per heavy atom. The van der Waals surface area contributed by atoms with Gasteiger partial charge in [-0.15, -0.1) is 11.8 Å². The van der Waals surface area contributed by atoms with Gasteiger partial charge in [-0.1, -0.05) is 36.4 Å². The molecule has 0 aliphatic carbocycles. The Bertz CT molecular complexity index is 906. The van der Waals surface area contributed by atoms with Crippen LogP contribution in [0, 0.1) is 0 Å². The number of benzene rings is 2. The van der Waals surface area contributed by atoms with E-state index in [4.69, 9.17) is 0 Å². The van der Waals surface area contributed by atoms with E-state index in [9.17, 15) is 0 Å². The van der Waals surface area contributed by atoms with Crippen molar-refractivity contribution < 1.29 is 0 Å². The molecule has 0 spiro atoms. The Labute approximate surface area is 153 Å². The van der Waals surface area contributed by atoms with Crippen LogP contribution in [-0.4, -0.2) is 34.9 Å². The molecule has 0 saturated carbocycles. The molecule has 0 radical (unpaired) electrons. The van der Waals surface area contributed by atoms with E-state index in [2.05, 4.69) is 58.0 Å². The molecule has 3 heteroatoms. The number of thioether (sulfide) groups is 1. The minimum absolute atomic E-state index is 1.09. The average Bonchev–Trinajstić information content (AvgIpc) is 3.22. The molecule has 2 aromatic carbocycles. The van der Waals surface area contributed by atoms with Gasteiger partial charge in [0.1, 0.15) is 0 Å². The van der Waals surface area contributed by atoms with Crippen molar-refractivity contribution in [3.63, 3.8) is 0 Å². The minimum Gasteiger partial charge on any atom is -0.339 e. The molecule has 1 fully saturated rings. The summed E-state index contributed by atoms with van der Waals surface area (Å²) >= 11 is 2.01. The lowest BCUT2D eigenvalue weighted by molar-refractivity contribution is 0.325. The van der Waals surface area contributed by atoms with Crippen LogP contribution >= 0.6 is 11.8 Å². The highest BCUT2D eigenvalue weighted by Crippen LogP contribution is 2.42. The molecule has 128 valence electrons. The lowest BCUT2D eigenvalue weighted by atomic mass is 10.0. The standard InChI is InChI=1S/C22H24N2S/c1-3-9-20-17(7-1)18-11-16-25-21-10-4-2-8-19(21)22(18)24(20)15-14-23-12-5-6-13-23/h1-4,7-10H,5-6,11-16H2. The van der Waals surface area contributed by atoms with Crippen LogP contribution in [0.3, 0.4) is 0 Å². The topological polar surface area (TPSA) is 8.17 Å². The Morgan fingerprint density at radius 1 is 0.880 bits per heavy atom. The summed E-state index contributed by atoms with van der Waals surface area (Å²) in [5.41, 5.74) is 5.86. The zero-order chi connectivity index (χ0) is 16.6. The van der Waals surface area contributed by atoms with E-state index in [1.807, 2.05) is 11.8 Å². The van der Waals surface area contributed by atoms with E-state index in [-0.39, 0.29) is 0 Å². The molecule has 25 heavy (non-hydrogen) atoms. The summed E-state index contributed by atoms with van der Waals surface area (Å²) in [7, 11) is 0. The van der Waals surface area contributed by atoms with Crippen molar-refractivity contribution in [2.45, 2.75) is 30.7 Å². The predicted molar refractivity (Wildman–Crippen MR) is 107 cm³/mol. The monoisotopic (exact) mass is 348 g/mol. The quantitative estimate of drug-likeness (QED) is 0.654. The van der Waals surface area contributed by atoms with Crippen LogP contribution in [0.15, 0.2) is 53.4 Å². The Morgan fingerprint density at radius 2 is 1.68 bits per heavy atom. The largest absolute Gasteiger partial charge is 0.339 e. The van der Waals surface area contributed by atoms with Crippen molar-refractivity contribution in [1.29, 1.82) is 0 Å². The van der Waals surface area contributed by atoms with Crippen molar-refractivity contribution in [3.8, 4) is 11.3 Å². The van der Waals surface area contributed by atoms with E-state index < -0.39 is 0 Å². The number of fused-ring (bicyclic) bond motifs is 5. The van der Waals surface area contributed by atoms with E-state index >= 15 is 0 Å². The summed E-state index contributed by atoms with van der Waals surface area (Å²) in [6, 6.07) is 18.0. The molecule has 3 aromatic rings. The molecule has 3 heterocycles. The molecule has 0 amide bonds. The molecule has 5 rings (SSSR count). The maximum Gasteiger partial charge on any atom is 0.0535 e. The van der Waals surface area contributed by atoms with Crippen LogP contribution in [0.1, 0.15) is 18.4 Å². The summed E-state index contributed by atoms with van der Waals surface area (Å²) < 4.78 is 2.60. The average molecular weight is 349 g/mol. The summed E-state index contributed by atoms with van der Waals surface area (Å²) in [6.07, 6.45) is 3.89.